The van der Waals surface area contributed by atoms with Crippen molar-refractivity contribution < 1.29 is 5.11 Å². The van der Waals surface area contributed by atoms with Crippen molar-refractivity contribution in [1.29, 1.82) is 0 Å². The van der Waals surface area contributed by atoms with E-state index in [9.17, 15) is 5.11 Å². The van der Waals surface area contributed by atoms with E-state index in [-0.39, 0.29) is 6.10 Å². The van der Waals surface area contributed by atoms with Gasteiger partial charge in [-0.25, -0.2) is 0 Å². The van der Waals surface area contributed by atoms with Crippen LogP contribution in [0.5, 0.6) is 0 Å². The highest BCUT2D eigenvalue weighted by atomic mass is 79.9. The molecule has 0 aromatic carbocycles. The number of alkyl halides is 1. The summed E-state index contributed by atoms with van der Waals surface area (Å²) in [6.07, 6.45) is 5.96. The van der Waals surface area contributed by atoms with Crippen molar-refractivity contribution in [3.05, 3.63) is 0 Å². The highest BCUT2D eigenvalue weighted by Gasteiger charge is 2.27. The smallest absolute Gasteiger partial charge is 0.0705 e. The van der Waals surface area contributed by atoms with E-state index in [2.05, 4.69) is 34.9 Å². The molecule has 0 aliphatic heterocycles. The molecule has 2 nitrogen and oxygen atoms in total. The summed E-state index contributed by atoms with van der Waals surface area (Å²) in [6, 6.07) is 0. The van der Waals surface area contributed by atoms with Crippen molar-refractivity contribution in [1.82, 2.24) is 4.90 Å². The van der Waals surface area contributed by atoms with Gasteiger partial charge in [0, 0.05) is 11.4 Å². The SMILES string of the molecule is CN(C)C[C@@H]1CCCCC[C@H](Br)[C@@H]1O. The van der Waals surface area contributed by atoms with Crippen LogP contribution in [0.2, 0.25) is 0 Å². The van der Waals surface area contributed by atoms with Crippen molar-refractivity contribution in [2.45, 2.75) is 43.0 Å². The van der Waals surface area contributed by atoms with Gasteiger partial charge in [0.15, 0.2) is 0 Å². The Hall–Kier alpha value is 0.400. The first-order valence-electron chi connectivity index (χ1n) is 5.58. The summed E-state index contributed by atoms with van der Waals surface area (Å²) >= 11 is 3.60. The molecule has 1 N–H and O–H groups in total. The van der Waals surface area contributed by atoms with Crippen LogP contribution < -0.4 is 0 Å². The van der Waals surface area contributed by atoms with E-state index >= 15 is 0 Å². The highest BCUT2D eigenvalue weighted by molar-refractivity contribution is 9.09. The van der Waals surface area contributed by atoms with Gasteiger partial charge in [-0.3, -0.25) is 0 Å². The zero-order valence-corrected chi connectivity index (χ0v) is 10.8. The largest absolute Gasteiger partial charge is 0.392 e. The van der Waals surface area contributed by atoms with Gasteiger partial charge in [0.1, 0.15) is 0 Å². The lowest BCUT2D eigenvalue weighted by atomic mass is 9.88. The summed E-state index contributed by atoms with van der Waals surface area (Å²) in [5.41, 5.74) is 0. The predicted molar refractivity (Wildman–Crippen MR) is 63.9 cm³/mol. The van der Waals surface area contributed by atoms with Crippen LogP contribution in [0, 0.1) is 5.92 Å². The van der Waals surface area contributed by atoms with Crippen LogP contribution in [0.4, 0.5) is 0 Å². The molecule has 3 heteroatoms. The molecule has 1 rings (SSSR count). The molecule has 1 fully saturated rings. The summed E-state index contributed by atoms with van der Waals surface area (Å²) in [5.74, 6) is 0.440. The normalized spacial score (nSPS) is 35.4. The lowest BCUT2D eigenvalue weighted by Gasteiger charge is -2.31. The lowest BCUT2D eigenvalue weighted by Crippen LogP contribution is -2.37. The second-order valence-electron chi connectivity index (χ2n) is 4.67. The first kappa shape index (κ1) is 12.5. The maximum absolute atomic E-state index is 10.1. The van der Waals surface area contributed by atoms with Crippen molar-refractivity contribution in [3.8, 4) is 0 Å². The molecule has 3 atom stereocenters. The van der Waals surface area contributed by atoms with Gasteiger partial charge < -0.3 is 10.0 Å². The Balaban J connectivity index is 2.50. The minimum Gasteiger partial charge on any atom is -0.392 e. The Labute approximate surface area is 95.8 Å². The third-order valence-corrected chi connectivity index (χ3v) is 4.01. The van der Waals surface area contributed by atoms with Gasteiger partial charge in [-0.05, 0) is 32.9 Å². The van der Waals surface area contributed by atoms with Crippen LogP contribution in [0.1, 0.15) is 32.1 Å². The molecule has 0 amide bonds. The topological polar surface area (TPSA) is 23.5 Å². The molecule has 0 heterocycles. The monoisotopic (exact) mass is 263 g/mol. The number of hydrogen-bond donors (Lipinski definition) is 1. The summed E-state index contributed by atoms with van der Waals surface area (Å²) in [5, 5.41) is 10.1. The second kappa shape index (κ2) is 6.09. The lowest BCUT2D eigenvalue weighted by molar-refractivity contribution is 0.0753. The fourth-order valence-electron chi connectivity index (χ4n) is 2.23. The fourth-order valence-corrected chi connectivity index (χ4v) is 2.98. The molecule has 84 valence electrons. The second-order valence-corrected chi connectivity index (χ2v) is 5.84. The van der Waals surface area contributed by atoms with Crippen LogP contribution in [-0.4, -0.2) is 41.6 Å². The molecule has 1 aliphatic rings. The molecule has 0 aromatic heterocycles. The van der Waals surface area contributed by atoms with Gasteiger partial charge in [0.2, 0.25) is 0 Å². The minimum atomic E-state index is -0.169. The molecule has 0 saturated heterocycles. The predicted octanol–water partition coefficient (Wildman–Crippen LogP) is 2.25. The zero-order valence-electron chi connectivity index (χ0n) is 9.25. The van der Waals surface area contributed by atoms with E-state index in [4.69, 9.17) is 0 Å². The molecule has 0 aromatic rings. The number of hydrogen-bond acceptors (Lipinski definition) is 2. The van der Waals surface area contributed by atoms with Gasteiger partial charge in [0.05, 0.1) is 6.10 Å². The molecular formula is C11H22BrNO. The van der Waals surface area contributed by atoms with Gasteiger partial charge >= 0.3 is 0 Å². The van der Waals surface area contributed by atoms with Crippen LogP contribution in [0.25, 0.3) is 0 Å². The Morgan fingerprint density at radius 2 is 1.86 bits per heavy atom. The average Bonchev–Trinajstić information content (AvgIpc) is 2.11. The van der Waals surface area contributed by atoms with Crippen LogP contribution in [0.3, 0.4) is 0 Å². The highest BCUT2D eigenvalue weighted by Crippen LogP contribution is 2.27. The molecular weight excluding hydrogens is 242 g/mol. The van der Waals surface area contributed by atoms with Gasteiger partial charge in [0.25, 0.3) is 0 Å². The Morgan fingerprint density at radius 3 is 2.50 bits per heavy atom. The number of nitrogens with zero attached hydrogens (tertiary/aromatic N) is 1. The first-order valence-corrected chi connectivity index (χ1v) is 6.49. The van der Waals surface area contributed by atoms with Crippen LogP contribution >= 0.6 is 15.9 Å². The van der Waals surface area contributed by atoms with E-state index in [1.807, 2.05) is 0 Å². The molecule has 1 aliphatic carbocycles. The Bertz CT molecular complexity index is 163. The summed E-state index contributed by atoms with van der Waals surface area (Å²) < 4.78 is 0. The zero-order chi connectivity index (χ0) is 10.6. The van der Waals surface area contributed by atoms with Gasteiger partial charge in [-0.2, -0.15) is 0 Å². The number of aliphatic hydroxyl groups is 1. The van der Waals surface area contributed by atoms with E-state index in [0.29, 0.717) is 10.7 Å². The summed E-state index contributed by atoms with van der Waals surface area (Å²) in [4.78, 5) is 2.47. The molecule has 0 radical (unpaired) electrons. The summed E-state index contributed by atoms with van der Waals surface area (Å²) in [7, 11) is 4.16. The Morgan fingerprint density at radius 1 is 1.21 bits per heavy atom. The van der Waals surface area contributed by atoms with E-state index in [1.165, 1.54) is 25.7 Å². The molecule has 0 unspecified atom stereocenters. The summed E-state index contributed by atoms with van der Waals surface area (Å²) in [6.45, 7) is 1.00. The van der Waals surface area contributed by atoms with Gasteiger partial charge in [-0.1, -0.05) is 35.2 Å². The van der Waals surface area contributed by atoms with Crippen molar-refractivity contribution in [2.24, 2.45) is 5.92 Å². The third-order valence-electron chi connectivity index (χ3n) is 3.01. The molecule has 1 saturated carbocycles. The Kier molecular flexibility index (Phi) is 5.42. The average molecular weight is 264 g/mol. The quantitative estimate of drug-likeness (QED) is 0.773. The third kappa shape index (κ3) is 3.87. The number of halogens is 1. The van der Waals surface area contributed by atoms with Crippen molar-refractivity contribution in [2.75, 3.05) is 20.6 Å². The molecule has 14 heavy (non-hydrogen) atoms. The van der Waals surface area contributed by atoms with E-state index in [0.717, 1.165) is 13.0 Å². The van der Waals surface area contributed by atoms with Crippen molar-refractivity contribution >= 4 is 15.9 Å². The standard InChI is InChI=1S/C11H22BrNO/c1-13(2)8-9-6-4-3-5-7-10(12)11(9)14/h9-11,14H,3-8H2,1-2H3/t9-,10-,11+/m0/s1. The maximum Gasteiger partial charge on any atom is 0.0705 e. The number of aliphatic hydroxyl groups excluding tert-OH is 1. The first-order chi connectivity index (χ1) is 6.61. The van der Waals surface area contributed by atoms with E-state index < -0.39 is 0 Å². The maximum atomic E-state index is 10.1. The number of rotatable bonds is 2. The minimum absolute atomic E-state index is 0.169. The van der Waals surface area contributed by atoms with Crippen molar-refractivity contribution in [3.63, 3.8) is 0 Å². The van der Waals surface area contributed by atoms with E-state index in [1.54, 1.807) is 0 Å². The molecule has 0 bridgehead atoms. The van der Waals surface area contributed by atoms with Crippen LogP contribution in [-0.2, 0) is 0 Å². The van der Waals surface area contributed by atoms with Gasteiger partial charge in [-0.15, -0.1) is 0 Å². The van der Waals surface area contributed by atoms with Crippen LogP contribution in [0.15, 0.2) is 0 Å². The molecule has 0 spiro atoms. The fraction of sp³-hybridized carbons (Fsp3) is 1.00.